The van der Waals surface area contributed by atoms with E-state index in [0.29, 0.717) is 13.1 Å². The molecule has 0 unspecified atom stereocenters. The first-order valence-corrected chi connectivity index (χ1v) is 10.4. The van der Waals surface area contributed by atoms with Gasteiger partial charge in [-0.05, 0) is 30.3 Å². The summed E-state index contributed by atoms with van der Waals surface area (Å²) < 4.78 is 24.7. The number of aromatic nitrogens is 3. The quantitative estimate of drug-likeness (QED) is 0.760. The monoisotopic (exact) mass is 369 g/mol. The number of hydrogen-bond acceptors (Lipinski definition) is 5. The molecule has 1 aromatic carbocycles. The van der Waals surface area contributed by atoms with E-state index in [0.717, 1.165) is 41.1 Å². The van der Waals surface area contributed by atoms with E-state index in [1.54, 1.807) is 10.5 Å². The van der Waals surface area contributed by atoms with Gasteiger partial charge in [-0.1, -0.05) is 6.07 Å². The number of rotatable bonds is 3. The topological polar surface area (TPSA) is 82.2 Å². The fourth-order valence-electron chi connectivity index (χ4n) is 3.98. The molecular formula is C18H19N5O2S. The van der Waals surface area contributed by atoms with Gasteiger partial charge in [0.15, 0.2) is 0 Å². The number of nitrogens with zero attached hydrogens (tertiary/aromatic N) is 4. The molecule has 0 amide bonds. The molecule has 2 fully saturated rings. The summed E-state index contributed by atoms with van der Waals surface area (Å²) in [7, 11) is -3.05. The minimum absolute atomic E-state index is 0.130. The molecule has 2 aliphatic heterocycles. The molecule has 0 bridgehead atoms. The van der Waals surface area contributed by atoms with Gasteiger partial charge in [-0.2, -0.15) is 5.10 Å². The van der Waals surface area contributed by atoms with Crippen LogP contribution in [-0.2, 0) is 10.0 Å². The lowest BCUT2D eigenvalue weighted by molar-refractivity contribution is 0.0401. The van der Waals surface area contributed by atoms with E-state index in [9.17, 15) is 8.42 Å². The van der Waals surface area contributed by atoms with Crippen molar-refractivity contribution in [1.29, 1.82) is 0 Å². The van der Waals surface area contributed by atoms with Crippen molar-refractivity contribution in [3.8, 4) is 11.4 Å². The summed E-state index contributed by atoms with van der Waals surface area (Å²) in [5, 5.41) is 8.58. The Hall–Kier alpha value is -2.45. The van der Waals surface area contributed by atoms with Gasteiger partial charge in [0.2, 0.25) is 10.0 Å². The first-order valence-electron chi connectivity index (χ1n) is 8.53. The summed E-state index contributed by atoms with van der Waals surface area (Å²) in [6, 6.07) is 12.1. The number of H-pyrrole nitrogens is 1. The maximum Gasteiger partial charge on any atom is 0.211 e. The van der Waals surface area contributed by atoms with Crippen LogP contribution in [0.1, 0.15) is 0 Å². The summed E-state index contributed by atoms with van der Waals surface area (Å²) in [4.78, 5) is 6.67. The minimum Gasteiger partial charge on any atom is -0.370 e. The van der Waals surface area contributed by atoms with Gasteiger partial charge in [-0.15, -0.1) is 0 Å². The fraction of sp³-hybridized carbons (Fsp3) is 0.333. The van der Waals surface area contributed by atoms with Crippen LogP contribution in [0.2, 0.25) is 0 Å². The Balaban J connectivity index is 1.35. The molecule has 0 radical (unpaired) electrons. The molecule has 1 N–H and O–H groups in total. The number of nitrogens with one attached hydrogen (secondary N) is 1. The van der Waals surface area contributed by atoms with Crippen molar-refractivity contribution in [3.63, 3.8) is 0 Å². The molecule has 8 heteroatoms. The van der Waals surface area contributed by atoms with E-state index < -0.39 is 10.0 Å². The lowest BCUT2D eigenvalue weighted by atomic mass is 9.74. The SMILES string of the molecule is CS(=O)(=O)N1CC2(CN(c3ccc4c(-c5ccccn5)n[nH]c4c3)C2)C1. The summed E-state index contributed by atoms with van der Waals surface area (Å²) in [5.74, 6) is 0. The molecule has 3 aromatic rings. The van der Waals surface area contributed by atoms with Crippen molar-refractivity contribution in [3.05, 3.63) is 42.6 Å². The second-order valence-corrected chi connectivity index (χ2v) is 9.39. The van der Waals surface area contributed by atoms with Crippen LogP contribution in [0.4, 0.5) is 5.69 Å². The Morgan fingerprint density at radius 3 is 2.62 bits per heavy atom. The van der Waals surface area contributed by atoms with Crippen LogP contribution in [0.25, 0.3) is 22.3 Å². The maximum absolute atomic E-state index is 11.6. The van der Waals surface area contributed by atoms with Gasteiger partial charge >= 0.3 is 0 Å². The predicted molar refractivity (Wildman–Crippen MR) is 100 cm³/mol. The summed E-state index contributed by atoms with van der Waals surface area (Å²) in [5.41, 5.74) is 3.96. The van der Waals surface area contributed by atoms with E-state index in [1.165, 1.54) is 6.26 Å². The zero-order valence-electron chi connectivity index (χ0n) is 14.4. The number of aromatic amines is 1. The molecule has 26 heavy (non-hydrogen) atoms. The second kappa shape index (κ2) is 5.28. The molecule has 7 nitrogen and oxygen atoms in total. The Morgan fingerprint density at radius 1 is 1.12 bits per heavy atom. The third-order valence-corrected chi connectivity index (χ3v) is 6.56. The normalized spacial score (nSPS) is 19.5. The highest BCUT2D eigenvalue weighted by Crippen LogP contribution is 2.43. The van der Waals surface area contributed by atoms with Gasteiger partial charge < -0.3 is 4.90 Å². The van der Waals surface area contributed by atoms with Crippen LogP contribution < -0.4 is 4.90 Å². The van der Waals surface area contributed by atoms with Gasteiger partial charge in [0, 0.05) is 48.9 Å². The third kappa shape index (κ3) is 2.40. The van der Waals surface area contributed by atoms with E-state index >= 15 is 0 Å². The Kier molecular flexibility index (Phi) is 3.20. The highest BCUT2D eigenvalue weighted by molar-refractivity contribution is 7.88. The van der Waals surface area contributed by atoms with Crippen LogP contribution in [0.5, 0.6) is 0 Å². The molecule has 2 aliphatic rings. The van der Waals surface area contributed by atoms with E-state index in [2.05, 4.69) is 38.3 Å². The zero-order chi connectivity index (χ0) is 17.9. The Labute approximate surface area is 151 Å². The molecular weight excluding hydrogens is 350 g/mol. The predicted octanol–water partition coefficient (Wildman–Crippen LogP) is 1.71. The van der Waals surface area contributed by atoms with Gasteiger partial charge in [-0.25, -0.2) is 12.7 Å². The van der Waals surface area contributed by atoms with Crippen molar-refractivity contribution in [2.45, 2.75) is 0 Å². The second-order valence-electron chi connectivity index (χ2n) is 7.40. The highest BCUT2D eigenvalue weighted by atomic mass is 32.2. The van der Waals surface area contributed by atoms with Crippen molar-refractivity contribution in [2.75, 3.05) is 37.3 Å². The Morgan fingerprint density at radius 2 is 1.92 bits per heavy atom. The molecule has 0 atom stereocenters. The maximum atomic E-state index is 11.6. The van der Waals surface area contributed by atoms with E-state index in [-0.39, 0.29) is 5.41 Å². The van der Waals surface area contributed by atoms with Gasteiger partial charge in [0.1, 0.15) is 5.69 Å². The van der Waals surface area contributed by atoms with E-state index in [4.69, 9.17) is 0 Å². The van der Waals surface area contributed by atoms with Crippen molar-refractivity contribution >= 4 is 26.6 Å². The summed E-state index contributed by atoms with van der Waals surface area (Å²) in [6.45, 7) is 3.06. The van der Waals surface area contributed by atoms with Crippen LogP contribution in [-0.4, -0.2) is 60.3 Å². The molecule has 4 heterocycles. The van der Waals surface area contributed by atoms with Gasteiger partial charge in [0.05, 0.1) is 17.5 Å². The van der Waals surface area contributed by atoms with Crippen LogP contribution >= 0.6 is 0 Å². The van der Waals surface area contributed by atoms with Crippen molar-refractivity contribution < 1.29 is 8.42 Å². The average Bonchev–Trinajstić information content (AvgIpc) is 2.95. The molecule has 0 aliphatic carbocycles. The number of benzene rings is 1. The number of anilines is 1. The smallest absolute Gasteiger partial charge is 0.211 e. The van der Waals surface area contributed by atoms with Gasteiger partial charge in [0.25, 0.3) is 0 Å². The minimum atomic E-state index is -3.05. The largest absolute Gasteiger partial charge is 0.370 e. The lowest BCUT2D eigenvalue weighted by Crippen LogP contribution is -2.72. The van der Waals surface area contributed by atoms with Crippen LogP contribution in [0, 0.1) is 5.41 Å². The lowest BCUT2D eigenvalue weighted by Gasteiger charge is -2.60. The first kappa shape index (κ1) is 15.8. The van der Waals surface area contributed by atoms with Crippen molar-refractivity contribution in [2.24, 2.45) is 5.41 Å². The number of pyridine rings is 1. The molecule has 1 spiro atoms. The Bertz CT molecular complexity index is 1080. The number of sulfonamides is 1. The fourth-order valence-corrected chi connectivity index (χ4v) is 5.00. The van der Waals surface area contributed by atoms with Gasteiger partial charge in [-0.3, -0.25) is 10.1 Å². The van der Waals surface area contributed by atoms with Crippen LogP contribution in [0.15, 0.2) is 42.6 Å². The number of fused-ring (bicyclic) bond motifs is 1. The standard InChI is InChI=1S/C18H19N5O2S/c1-26(24,25)23-11-18(12-23)9-22(10-18)13-5-6-14-16(8-13)20-21-17(14)15-4-2-3-7-19-15/h2-8H,9-12H2,1H3,(H,20,21). The molecule has 5 rings (SSSR count). The highest BCUT2D eigenvalue weighted by Gasteiger charge is 2.54. The first-order chi connectivity index (χ1) is 12.4. The summed E-state index contributed by atoms with van der Waals surface area (Å²) >= 11 is 0. The van der Waals surface area contributed by atoms with E-state index in [1.807, 2.05) is 18.2 Å². The summed E-state index contributed by atoms with van der Waals surface area (Å²) in [6.07, 6.45) is 3.05. The average molecular weight is 369 g/mol. The van der Waals surface area contributed by atoms with Crippen LogP contribution in [0.3, 0.4) is 0 Å². The van der Waals surface area contributed by atoms with Crippen molar-refractivity contribution in [1.82, 2.24) is 19.5 Å². The molecule has 0 saturated carbocycles. The zero-order valence-corrected chi connectivity index (χ0v) is 15.2. The molecule has 2 saturated heterocycles. The molecule has 134 valence electrons. The third-order valence-electron chi connectivity index (χ3n) is 5.36. The number of hydrogen-bond donors (Lipinski definition) is 1. The molecule has 2 aromatic heterocycles.